The Bertz CT molecular complexity index is 1390. The Morgan fingerprint density at radius 2 is 1.88 bits per heavy atom. The molecular weight excluding hydrogens is 409 g/mol. The van der Waals surface area contributed by atoms with Crippen molar-refractivity contribution in [3.8, 4) is 0 Å². The number of imidazole rings is 1. The Morgan fingerprint density at radius 3 is 2.62 bits per heavy atom. The molecule has 3 heterocycles. The minimum absolute atomic E-state index is 0.00152. The highest BCUT2D eigenvalue weighted by atomic mass is 19.1. The van der Waals surface area contributed by atoms with E-state index in [9.17, 15) is 14.0 Å². The third-order valence-electron chi connectivity index (χ3n) is 6.16. The SMILES string of the molecule is Cc1cc2oc3c(c(=O)c2cc1C)[C@@H](c1ccccc1F)N(CCCn1ccnc1)C3=O. The van der Waals surface area contributed by atoms with Gasteiger partial charge in [-0.2, -0.15) is 0 Å². The van der Waals surface area contributed by atoms with Crippen LogP contribution in [-0.2, 0) is 6.54 Å². The molecule has 1 aliphatic rings. The average molecular weight is 431 g/mol. The monoisotopic (exact) mass is 431 g/mol. The fourth-order valence-electron chi connectivity index (χ4n) is 4.37. The quantitative estimate of drug-likeness (QED) is 0.470. The summed E-state index contributed by atoms with van der Waals surface area (Å²) in [6.45, 7) is 4.83. The van der Waals surface area contributed by atoms with Crippen molar-refractivity contribution < 1.29 is 13.6 Å². The molecule has 0 N–H and O–H groups in total. The van der Waals surface area contributed by atoms with Gasteiger partial charge in [-0.15, -0.1) is 0 Å². The standard InChI is InChI=1S/C25H22FN3O3/c1-15-12-18-20(13-16(15)2)32-24-21(23(18)30)22(17-6-3-4-7-19(17)26)29(25(24)31)10-5-9-28-11-8-27-14-28/h3-4,6-8,11-14,22H,5,9-10H2,1-2H3/t22-/m1/s1. The molecule has 2 aromatic heterocycles. The van der Waals surface area contributed by atoms with Crippen LogP contribution >= 0.6 is 0 Å². The number of carbonyl (C=O) groups is 1. The van der Waals surface area contributed by atoms with E-state index in [1.807, 2.05) is 24.6 Å². The summed E-state index contributed by atoms with van der Waals surface area (Å²) in [5, 5.41) is 0.404. The van der Waals surface area contributed by atoms with Crippen molar-refractivity contribution >= 4 is 16.9 Å². The molecule has 32 heavy (non-hydrogen) atoms. The molecule has 0 radical (unpaired) electrons. The van der Waals surface area contributed by atoms with Gasteiger partial charge in [0.15, 0.2) is 5.43 Å². The number of nitrogens with zero attached hydrogens (tertiary/aromatic N) is 3. The Kier molecular flexibility index (Phi) is 4.89. The van der Waals surface area contributed by atoms with Gasteiger partial charge in [-0.25, -0.2) is 9.37 Å². The van der Waals surface area contributed by atoms with Crippen LogP contribution in [0.4, 0.5) is 4.39 Å². The Morgan fingerprint density at radius 1 is 1.09 bits per heavy atom. The summed E-state index contributed by atoms with van der Waals surface area (Å²) in [4.78, 5) is 32.5. The van der Waals surface area contributed by atoms with Crippen LogP contribution < -0.4 is 5.43 Å². The first kappa shape index (κ1) is 20.2. The van der Waals surface area contributed by atoms with E-state index < -0.39 is 17.8 Å². The molecule has 5 rings (SSSR count). The van der Waals surface area contributed by atoms with Gasteiger partial charge in [0.1, 0.15) is 11.4 Å². The zero-order valence-corrected chi connectivity index (χ0v) is 17.8. The molecule has 0 bridgehead atoms. The molecule has 1 aliphatic heterocycles. The number of fused-ring (bicyclic) bond motifs is 2. The maximum Gasteiger partial charge on any atom is 0.290 e. The first-order chi connectivity index (χ1) is 15.5. The van der Waals surface area contributed by atoms with Crippen LogP contribution in [0, 0.1) is 19.7 Å². The first-order valence-corrected chi connectivity index (χ1v) is 10.5. The third kappa shape index (κ3) is 3.21. The van der Waals surface area contributed by atoms with Gasteiger partial charge >= 0.3 is 0 Å². The van der Waals surface area contributed by atoms with E-state index in [0.717, 1.165) is 11.1 Å². The number of rotatable bonds is 5. The lowest BCUT2D eigenvalue weighted by Gasteiger charge is -2.25. The summed E-state index contributed by atoms with van der Waals surface area (Å²) in [5.74, 6) is -0.852. The van der Waals surface area contributed by atoms with Gasteiger partial charge in [0.25, 0.3) is 5.91 Å². The van der Waals surface area contributed by atoms with E-state index in [-0.39, 0.29) is 22.3 Å². The molecule has 1 atom stereocenters. The second-order valence-electron chi connectivity index (χ2n) is 8.18. The highest BCUT2D eigenvalue weighted by Crippen LogP contribution is 2.39. The molecule has 0 unspecified atom stereocenters. The van der Waals surface area contributed by atoms with Crippen LogP contribution in [0.5, 0.6) is 0 Å². The topological polar surface area (TPSA) is 68.3 Å². The van der Waals surface area contributed by atoms with Crippen molar-refractivity contribution in [1.82, 2.24) is 14.5 Å². The number of halogens is 1. The van der Waals surface area contributed by atoms with Gasteiger partial charge in [0, 0.05) is 31.0 Å². The van der Waals surface area contributed by atoms with Crippen molar-refractivity contribution in [2.24, 2.45) is 0 Å². The van der Waals surface area contributed by atoms with Gasteiger partial charge in [-0.3, -0.25) is 9.59 Å². The highest BCUT2D eigenvalue weighted by molar-refractivity contribution is 5.99. The van der Waals surface area contributed by atoms with Crippen LogP contribution in [-0.4, -0.2) is 26.9 Å². The zero-order valence-electron chi connectivity index (χ0n) is 17.8. The Hall–Kier alpha value is -3.74. The molecule has 7 heteroatoms. The molecule has 4 aromatic rings. The predicted molar refractivity (Wildman–Crippen MR) is 118 cm³/mol. The first-order valence-electron chi connectivity index (χ1n) is 10.5. The normalized spacial score (nSPS) is 15.5. The fraction of sp³-hybridized carbons (Fsp3) is 0.240. The van der Waals surface area contributed by atoms with Crippen LogP contribution in [0.1, 0.15) is 45.3 Å². The van der Waals surface area contributed by atoms with Crippen molar-refractivity contribution in [2.45, 2.75) is 32.9 Å². The second kappa shape index (κ2) is 7.75. The summed E-state index contributed by atoms with van der Waals surface area (Å²) in [5.41, 5.74) is 2.50. The molecule has 1 amide bonds. The van der Waals surface area contributed by atoms with Crippen LogP contribution in [0.2, 0.25) is 0 Å². The highest BCUT2D eigenvalue weighted by Gasteiger charge is 2.43. The predicted octanol–water partition coefficient (Wildman–Crippen LogP) is 4.38. The van der Waals surface area contributed by atoms with Gasteiger partial charge in [-0.05, 0) is 49.6 Å². The lowest BCUT2D eigenvalue weighted by atomic mass is 9.97. The number of benzene rings is 2. The van der Waals surface area contributed by atoms with Crippen molar-refractivity contribution in [1.29, 1.82) is 0 Å². The van der Waals surface area contributed by atoms with Crippen molar-refractivity contribution in [3.05, 3.63) is 99.2 Å². The maximum atomic E-state index is 14.9. The summed E-state index contributed by atoms with van der Waals surface area (Å²) in [6, 6.07) is 8.99. The molecule has 162 valence electrons. The summed E-state index contributed by atoms with van der Waals surface area (Å²) < 4.78 is 22.8. The Labute approximate surface area is 183 Å². The molecule has 6 nitrogen and oxygen atoms in total. The summed E-state index contributed by atoms with van der Waals surface area (Å²) in [7, 11) is 0. The van der Waals surface area contributed by atoms with E-state index in [0.29, 0.717) is 30.5 Å². The zero-order chi connectivity index (χ0) is 22.4. The van der Waals surface area contributed by atoms with E-state index >= 15 is 0 Å². The Balaban J connectivity index is 1.64. The minimum atomic E-state index is -0.830. The van der Waals surface area contributed by atoms with E-state index in [1.165, 1.54) is 6.07 Å². The van der Waals surface area contributed by atoms with Crippen LogP contribution in [0.25, 0.3) is 11.0 Å². The number of hydrogen-bond acceptors (Lipinski definition) is 4. The lowest BCUT2D eigenvalue weighted by molar-refractivity contribution is 0.0722. The van der Waals surface area contributed by atoms with Crippen LogP contribution in [0.3, 0.4) is 0 Å². The molecule has 2 aromatic carbocycles. The fourth-order valence-corrected chi connectivity index (χ4v) is 4.37. The number of hydrogen-bond donors (Lipinski definition) is 0. The van der Waals surface area contributed by atoms with Crippen LogP contribution in [0.15, 0.2) is 64.3 Å². The summed E-state index contributed by atoms with van der Waals surface area (Å²) in [6.07, 6.45) is 5.86. The van der Waals surface area contributed by atoms with Gasteiger partial charge in [0.2, 0.25) is 5.76 Å². The second-order valence-corrected chi connectivity index (χ2v) is 8.18. The van der Waals surface area contributed by atoms with E-state index in [1.54, 1.807) is 47.8 Å². The number of aromatic nitrogens is 2. The molecular formula is C25H22FN3O3. The molecule has 0 aliphatic carbocycles. The van der Waals surface area contributed by atoms with Gasteiger partial charge in [-0.1, -0.05) is 18.2 Å². The number of aryl methyl sites for hydroxylation is 3. The minimum Gasteiger partial charge on any atom is -0.450 e. The lowest BCUT2D eigenvalue weighted by Crippen LogP contribution is -2.31. The molecule has 0 saturated heterocycles. The van der Waals surface area contributed by atoms with Crippen molar-refractivity contribution in [3.63, 3.8) is 0 Å². The van der Waals surface area contributed by atoms with E-state index in [4.69, 9.17) is 4.42 Å². The third-order valence-corrected chi connectivity index (χ3v) is 6.16. The van der Waals surface area contributed by atoms with E-state index in [2.05, 4.69) is 4.98 Å². The average Bonchev–Trinajstić information content (AvgIpc) is 3.38. The van der Waals surface area contributed by atoms with Crippen molar-refractivity contribution in [2.75, 3.05) is 6.54 Å². The molecule has 0 fully saturated rings. The molecule has 0 saturated carbocycles. The summed E-state index contributed by atoms with van der Waals surface area (Å²) >= 11 is 0. The maximum absolute atomic E-state index is 14.9. The number of amides is 1. The largest absolute Gasteiger partial charge is 0.450 e. The van der Waals surface area contributed by atoms with Gasteiger partial charge < -0.3 is 13.9 Å². The smallest absolute Gasteiger partial charge is 0.290 e. The van der Waals surface area contributed by atoms with Gasteiger partial charge in [0.05, 0.1) is 23.3 Å². The molecule has 0 spiro atoms. The number of carbonyl (C=O) groups excluding carboxylic acids is 1.